The van der Waals surface area contributed by atoms with Crippen molar-refractivity contribution in [3.63, 3.8) is 0 Å². The highest BCUT2D eigenvalue weighted by Gasteiger charge is 2.12. The van der Waals surface area contributed by atoms with Crippen LogP contribution in [0.4, 0.5) is 0 Å². The molecule has 0 aliphatic heterocycles. The van der Waals surface area contributed by atoms with Gasteiger partial charge in [0, 0.05) is 10.4 Å². The predicted octanol–water partition coefficient (Wildman–Crippen LogP) is 5.63. The monoisotopic (exact) mass is 328 g/mol. The third-order valence-corrected chi connectivity index (χ3v) is 4.73. The molecule has 2 nitrogen and oxygen atoms in total. The second kappa shape index (κ2) is 4.91. The van der Waals surface area contributed by atoms with Crippen LogP contribution in [0.5, 0.6) is 0 Å². The molecule has 0 unspecified atom stereocenters. The minimum Gasteiger partial charge on any atom is -0.227 e. The fourth-order valence-corrected chi connectivity index (χ4v) is 3.18. The lowest BCUT2D eigenvalue weighted by molar-refractivity contribution is 1.23. The van der Waals surface area contributed by atoms with E-state index in [1.165, 1.54) is 11.3 Å². The van der Waals surface area contributed by atoms with E-state index in [1.807, 2.05) is 25.1 Å². The zero-order chi connectivity index (χ0) is 13.6. The zero-order valence-electron chi connectivity index (χ0n) is 9.75. The summed E-state index contributed by atoms with van der Waals surface area (Å²) in [6, 6.07) is 7.33. The number of fused-ring (bicyclic) bond motifs is 1. The van der Waals surface area contributed by atoms with Crippen LogP contribution in [0.25, 0.3) is 21.6 Å². The lowest BCUT2D eigenvalue weighted by atomic mass is 10.1. The van der Waals surface area contributed by atoms with Crippen molar-refractivity contribution in [2.24, 2.45) is 0 Å². The normalized spacial score (nSPS) is 11.2. The van der Waals surface area contributed by atoms with Gasteiger partial charge < -0.3 is 0 Å². The van der Waals surface area contributed by atoms with Crippen LogP contribution in [-0.4, -0.2) is 9.97 Å². The van der Waals surface area contributed by atoms with E-state index in [0.717, 1.165) is 21.3 Å². The Hall–Kier alpha value is -0.870. The first kappa shape index (κ1) is 13.1. The van der Waals surface area contributed by atoms with Gasteiger partial charge >= 0.3 is 0 Å². The van der Waals surface area contributed by atoms with Crippen molar-refractivity contribution in [2.75, 3.05) is 0 Å². The van der Waals surface area contributed by atoms with Crippen LogP contribution >= 0.6 is 46.1 Å². The zero-order valence-corrected chi connectivity index (χ0v) is 12.8. The molecule has 3 aromatic rings. The lowest BCUT2D eigenvalue weighted by Crippen LogP contribution is -1.92. The number of halogens is 3. The fraction of sp³-hybridized carbons (Fsp3) is 0.0769. The molecule has 0 aliphatic carbocycles. The Morgan fingerprint density at radius 2 is 1.79 bits per heavy atom. The minimum atomic E-state index is 0.421. The highest BCUT2D eigenvalue weighted by Crippen LogP contribution is 2.33. The number of thiophene rings is 1. The van der Waals surface area contributed by atoms with Gasteiger partial charge in [0.15, 0.2) is 5.82 Å². The summed E-state index contributed by atoms with van der Waals surface area (Å²) in [5.74, 6) is 0.569. The number of aromatic nitrogens is 2. The average molecular weight is 330 g/mol. The van der Waals surface area contributed by atoms with E-state index < -0.39 is 0 Å². The lowest BCUT2D eigenvalue weighted by Gasteiger charge is -2.06. The van der Waals surface area contributed by atoms with E-state index in [0.29, 0.717) is 20.3 Å². The Morgan fingerprint density at radius 1 is 1.00 bits per heavy atom. The van der Waals surface area contributed by atoms with E-state index in [-0.39, 0.29) is 0 Å². The topological polar surface area (TPSA) is 25.8 Å². The maximum absolute atomic E-state index is 6.22. The maximum atomic E-state index is 6.22. The molecule has 96 valence electrons. The summed E-state index contributed by atoms with van der Waals surface area (Å²) in [7, 11) is 0. The molecule has 0 aliphatic rings. The molecule has 0 saturated carbocycles. The number of nitrogens with zero attached hydrogens (tertiary/aromatic N) is 2. The Labute approximate surface area is 129 Å². The van der Waals surface area contributed by atoms with Crippen molar-refractivity contribution in [1.29, 1.82) is 0 Å². The molecule has 0 N–H and O–H groups in total. The summed E-state index contributed by atoms with van der Waals surface area (Å²) in [5.41, 5.74) is 1.67. The van der Waals surface area contributed by atoms with Gasteiger partial charge in [-0.3, -0.25) is 0 Å². The average Bonchev–Trinajstić information content (AvgIpc) is 2.81. The van der Waals surface area contributed by atoms with Gasteiger partial charge in [-0.2, -0.15) is 0 Å². The first-order chi connectivity index (χ1) is 9.06. The van der Waals surface area contributed by atoms with E-state index >= 15 is 0 Å². The number of rotatable bonds is 1. The van der Waals surface area contributed by atoms with Crippen LogP contribution in [0.2, 0.25) is 14.5 Å². The molecule has 0 bridgehead atoms. The molecule has 0 radical (unpaired) electrons. The fourth-order valence-electron chi connectivity index (χ4n) is 1.81. The summed E-state index contributed by atoms with van der Waals surface area (Å²) in [6.07, 6.45) is 0. The van der Waals surface area contributed by atoms with Crippen LogP contribution in [0.15, 0.2) is 24.3 Å². The van der Waals surface area contributed by atoms with Gasteiger partial charge in [0.2, 0.25) is 0 Å². The second-order valence-corrected chi connectivity index (χ2v) is 6.49. The van der Waals surface area contributed by atoms with E-state index in [9.17, 15) is 0 Å². The Bertz CT molecular complexity index is 783. The minimum absolute atomic E-state index is 0.421. The van der Waals surface area contributed by atoms with Gasteiger partial charge in [-0.1, -0.05) is 34.8 Å². The van der Waals surface area contributed by atoms with Crippen LogP contribution < -0.4 is 0 Å². The molecule has 0 saturated heterocycles. The van der Waals surface area contributed by atoms with Crippen LogP contribution in [0.1, 0.15) is 5.56 Å². The van der Waals surface area contributed by atoms with Gasteiger partial charge in [0.1, 0.15) is 5.15 Å². The van der Waals surface area contributed by atoms with Crippen molar-refractivity contribution in [2.45, 2.75) is 6.92 Å². The van der Waals surface area contributed by atoms with E-state index in [4.69, 9.17) is 34.8 Å². The van der Waals surface area contributed by atoms with Crippen molar-refractivity contribution in [1.82, 2.24) is 9.97 Å². The Morgan fingerprint density at radius 3 is 2.47 bits per heavy atom. The quantitative estimate of drug-likeness (QED) is 0.541. The maximum Gasteiger partial charge on any atom is 0.171 e. The number of hydrogen-bond acceptors (Lipinski definition) is 3. The molecule has 19 heavy (non-hydrogen) atoms. The summed E-state index contributed by atoms with van der Waals surface area (Å²) in [4.78, 5) is 9.75. The van der Waals surface area contributed by atoms with Gasteiger partial charge in [-0.25, -0.2) is 9.97 Å². The summed E-state index contributed by atoms with van der Waals surface area (Å²) < 4.78 is 0.692. The SMILES string of the molecule is Cc1c(Cl)ccc2c(Cl)nc(-c3ccc(Cl)s3)nc12. The predicted molar refractivity (Wildman–Crippen MR) is 82.6 cm³/mol. The summed E-state index contributed by atoms with van der Waals surface area (Å²) in [5, 5.41) is 1.89. The highest BCUT2D eigenvalue weighted by atomic mass is 35.5. The first-order valence-electron chi connectivity index (χ1n) is 5.44. The first-order valence-corrected chi connectivity index (χ1v) is 7.39. The number of aryl methyl sites for hydroxylation is 1. The van der Waals surface area contributed by atoms with Crippen molar-refractivity contribution in [3.05, 3.63) is 44.3 Å². The molecular formula is C13H7Cl3N2S. The van der Waals surface area contributed by atoms with Crippen molar-refractivity contribution < 1.29 is 0 Å². The van der Waals surface area contributed by atoms with Gasteiger partial charge in [0.25, 0.3) is 0 Å². The summed E-state index contributed by atoms with van der Waals surface area (Å²) in [6.45, 7) is 1.92. The highest BCUT2D eigenvalue weighted by molar-refractivity contribution is 7.19. The molecule has 2 heterocycles. The molecule has 0 amide bonds. The third-order valence-electron chi connectivity index (χ3n) is 2.80. The van der Waals surface area contributed by atoms with Gasteiger partial charge in [-0.15, -0.1) is 11.3 Å². The van der Waals surface area contributed by atoms with E-state index in [1.54, 1.807) is 6.07 Å². The Kier molecular flexibility index (Phi) is 3.39. The van der Waals surface area contributed by atoms with Crippen LogP contribution in [0, 0.1) is 6.92 Å². The largest absolute Gasteiger partial charge is 0.227 e. The molecule has 2 aromatic heterocycles. The molecule has 0 fully saturated rings. The molecule has 0 atom stereocenters. The Balaban J connectivity index is 2.31. The van der Waals surface area contributed by atoms with Crippen molar-refractivity contribution in [3.8, 4) is 10.7 Å². The van der Waals surface area contributed by atoms with Gasteiger partial charge in [0.05, 0.1) is 14.7 Å². The standard InChI is InChI=1S/C13H7Cl3N2S/c1-6-8(14)3-2-7-11(6)17-13(18-12(7)16)9-4-5-10(15)19-9/h2-5H,1H3. The molecule has 1 aromatic carbocycles. The molecule has 6 heteroatoms. The van der Waals surface area contributed by atoms with Crippen molar-refractivity contribution >= 4 is 57.0 Å². The number of hydrogen-bond donors (Lipinski definition) is 0. The third kappa shape index (κ3) is 2.32. The number of benzene rings is 1. The molecule has 3 rings (SSSR count). The van der Waals surface area contributed by atoms with Crippen LogP contribution in [0.3, 0.4) is 0 Å². The molecular weight excluding hydrogens is 323 g/mol. The smallest absolute Gasteiger partial charge is 0.171 e. The van der Waals surface area contributed by atoms with Gasteiger partial charge in [-0.05, 0) is 36.8 Å². The van der Waals surface area contributed by atoms with Crippen LogP contribution in [-0.2, 0) is 0 Å². The van der Waals surface area contributed by atoms with E-state index in [2.05, 4.69) is 9.97 Å². The second-order valence-electron chi connectivity index (χ2n) is 4.01. The summed E-state index contributed by atoms with van der Waals surface area (Å²) >= 11 is 19.7. The molecule has 0 spiro atoms.